The summed E-state index contributed by atoms with van der Waals surface area (Å²) >= 11 is 3.42. The van der Waals surface area contributed by atoms with Gasteiger partial charge in [-0.1, -0.05) is 22.0 Å². The van der Waals surface area contributed by atoms with Gasteiger partial charge in [0.25, 0.3) is 0 Å². The fourth-order valence-corrected chi connectivity index (χ4v) is 2.37. The van der Waals surface area contributed by atoms with E-state index in [0.717, 1.165) is 35.7 Å². The van der Waals surface area contributed by atoms with Crippen LogP contribution in [0.3, 0.4) is 0 Å². The van der Waals surface area contributed by atoms with Crippen LogP contribution in [0.5, 0.6) is 5.75 Å². The Morgan fingerprint density at radius 1 is 1.29 bits per heavy atom. The Morgan fingerprint density at radius 3 is 2.83 bits per heavy atom. The zero-order valence-corrected chi connectivity index (χ0v) is 17.5. The normalized spacial score (nSPS) is 10.8. The Kier molecular flexibility index (Phi) is 10.5. The highest BCUT2D eigenvalue weighted by molar-refractivity contribution is 14.0. The van der Waals surface area contributed by atoms with Gasteiger partial charge in [-0.05, 0) is 30.7 Å². The van der Waals surface area contributed by atoms with Gasteiger partial charge in [-0.25, -0.2) is 0 Å². The number of halogens is 2. The van der Waals surface area contributed by atoms with Crippen LogP contribution < -0.4 is 15.4 Å². The summed E-state index contributed by atoms with van der Waals surface area (Å²) in [5, 5.41) is 10.7. The molecule has 1 aromatic carbocycles. The third-order valence-electron chi connectivity index (χ3n) is 3.10. The van der Waals surface area contributed by atoms with Gasteiger partial charge in [0.05, 0.1) is 6.54 Å². The summed E-state index contributed by atoms with van der Waals surface area (Å²) in [6.45, 7) is 2.99. The molecular formula is C16H23BrIN5O. The lowest BCUT2D eigenvalue weighted by molar-refractivity contribution is 0.321. The monoisotopic (exact) mass is 507 g/mol. The largest absolute Gasteiger partial charge is 0.492 e. The van der Waals surface area contributed by atoms with Crippen LogP contribution >= 0.6 is 39.9 Å². The molecule has 0 radical (unpaired) electrons. The smallest absolute Gasteiger partial charge is 0.191 e. The van der Waals surface area contributed by atoms with Crippen LogP contribution in [0, 0.1) is 0 Å². The Hall–Kier alpha value is -1.29. The number of ether oxygens (including phenoxy) is 1. The van der Waals surface area contributed by atoms with Gasteiger partial charge in [-0.15, -0.1) is 24.0 Å². The van der Waals surface area contributed by atoms with E-state index in [1.54, 1.807) is 13.2 Å². The highest BCUT2D eigenvalue weighted by Gasteiger charge is 1.98. The first-order valence-electron chi connectivity index (χ1n) is 7.58. The topological polar surface area (TPSA) is 63.5 Å². The van der Waals surface area contributed by atoms with Gasteiger partial charge < -0.3 is 15.4 Å². The zero-order chi connectivity index (χ0) is 16.3. The first-order valence-corrected chi connectivity index (χ1v) is 8.37. The Balaban J connectivity index is 0.00000288. The summed E-state index contributed by atoms with van der Waals surface area (Å²) in [5.74, 6) is 1.63. The highest BCUT2D eigenvalue weighted by atomic mass is 127. The summed E-state index contributed by atoms with van der Waals surface area (Å²) in [4.78, 5) is 4.19. The standard InChI is InChI=1S/C16H22BrN5O.HI/c1-18-16(19-7-3-10-22-11-4-8-21-22)20-9-12-23-15-6-2-5-14(17)13-15;/h2,4-6,8,11,13H,3,7,9-10,12H2,1H3,(H2,18,19,20);1H. The molecule has 1 aromatic heterocycles. The fourth-order valence-electron chi connectivity index (χ4n) is 2.00. The van der Waals surface area contributed by atoms with E-state index >= 15 is 0 Å². The van der Waals surface area contributed by atoms with Gasteiger partial charge >= 0.3 is 0 Å². The molecule has 0 fully saturated rings. The molecule has 0 aliphatic heterocycles. The molecule has 2 aromatic rings. The summed E-state index contributed by atoms with van der Waals surface area (Å²) in [6.07, 6.45) is 4.74. The van der Waals surface area contributed by atoms with Crippen molar-refractivity contribution >= 4 is 45.9 Å². The lowest BCUT2D eigenvalue weighted by Gasteiger charge is -2.12. The first-order chi connectivity index (χ1) is 11.3. The van der Waals surface area contributed by atoms with Crippen molar-refractivity contribution in [2.45, 2.75) is 13.0 Å². The van der Waals surface area contributed by atoms with Crippen molar-refractivity contribution in [1.29, 1.82) is 0 Å². The number of aliphatic imine (C=N–C) groups is 1. The van der Waals surface area contributed by atoms with E-state index in [2.05, 4.69) is 36.7 Å². The number of benzene rings is 1. The Morgan fingerprint density at radius 2 is 2.12 bits per heavy atom. The summed E-state index contributed by atoms with van der Waals surface area (Å²) in [5.41, 5.74) is 0. The summed E-state index contributed by atoms with van der Waals surface area (Å²) in [6, 6.07) is 9.74. The molecule has 0 amide bonds. The zero-order valence-electron chi connectivity index (χ0n) is 13.6. The van der Waals surface area contributed by atoms with Gasteiger partial charge in [-0.3, -0.25) is 9.67 Å². The number of aromatic nitrogens is 2. The quantitative estimate of drug-likeness (QED) is 0.249. The molecule has 0 aliphatic carbocycles. The minimum absolute atomic E-state index is 0. The molecule has 2 rings (SSSR count). The van der Waals surface area contributed by atoms with Crippen LogP contribution in [0.1, 0.15) is 6.42 Å². The highest BCUT2D eigenvalue weighted by Crippen LogP contribution is 2.17. The molecule has 0 spiro atoms. The molecule has 2 N–H and O–H groups in total. The van der Waals surface area contributed by atoms with Crippen LogP contribution in [-0.4, -0.2) is 42.5 Å². The molecule has 0 saturated carbocycles. The fraction of sp³-hybridized carbons (Fsp3) is 0.375. The van der Waals surface area contributed by atoms with Crippen LogP contribution in [0.2, 0.25) is 0 Å². The maximum atomic E-state index is 5.67. The second-order valence-electron chi connectivity index (χ2n) is 4.85. The molecule has 0 aliphatic rings. The van der Waals surface area contributed by atoms with E-state index in [-0.39, 0.29) is 24.0 Å². The summed E-state index contributed by atoms with van der Waals surface area (Å²) in [7, 11) is 1.76. The number of rotatable bonds is 8. The predicted octanol–water partition coefficient (Wildman–Crippen LogP) is 2.90. The lowest BCUT2D eigenvalue weighted by atomic mass is 10.3. The molecule has 0 unspecified atom stereocenters. The van der Waals surface area contributed by atoms with E-state index in [1.807, 2.05) is 41.2 Å². The van der Waals surface area contributed by atoms with Gasteiger partial charge in [0.1, 0.15) is 12.4 Å². The third kappa shape index (κ3) is 8.00. The molecule has 0 atom stereocenters. The number of nitrogens with one attached hydrogen (secondary N) is 2. The molecular weight excluding hydrogens is 485 g/mol. The molecule has 0 bridgehead atoms. The van der Waals surface area contributed by atoms with Crippen LogP contribution in [0.15, 0.2) is 52.2 Å². The maximum absolute atomic E-state index is 5.67. The summed E-state index contributed by atoms with van der Waals surface area (Å²) < 4.78 is 8.60. The van der Waals surface area contributed by atoms with Gasteiger partial charge in [0, 0.05) is 37.0 Å². The number of aryl methyl sites for hydroxylation is 1. The van der Waals surface area contributed by atoms with Gasteiger partial charge in [0.15, 0.2) is 5.96 Å². The van der Waals surface area contributed by atoms with Crippen molar-refractivity contribution in [2.75, 3.05) is 26.7 Å². The average molecular weight is 508 g/mol. The maximum Gasteiger partial charge on any atom is 0.191 e. The lowest BCUT2D eigenvalue weighted by Crippen LogP contribution is -2.39. The molecule has 8 heteroatoms. The van der Waals surface area contributed by atoms with Crippen molar-refractivity contribution < 1.29 is 4.74 Å². The number of hydrogen-bond donors (Lipinski definition) is 2. The minimum atomic E-state index is 0. The van der Waals surface area contributed by atoms with Crippen molar-refractivity contribution in [3.63, 3.8) is 0 Å². The average Bonchev–Trinajstić information content (AvgIpc) is 3.07. The molecule has 132 valence electrons. The van der Waals surface area contributed by atoms with Crippen LogP contribution in [0.25, 0.3) is 0 Å². The number of guanidine groups is 1. The van der Waals surface area contributed by atoms with Crippen molar-refractivity contribution in [3.8, 4) is 5.75 Å². The van der Waals surface area contributed by atoms with Crippen LogP contribution in [-0.2, 0) is 6.54 Å². The number of hydrogen-bond acceptors (Lipinski definition) is 3. The SMILES string of the molecule is CN=C(NCCCn1cccn1)NCCOc1cccc(Br)c1.I. The third-order valence-corrected chi connectivity index (χ3v) is 3.59. The van der Waals surface area contributed by atoms with Crippen molar-refractivity contribution in [3.05, 3.63) is 47.2 Å². The van der Waals surface area contributed by atoms with Gasteiger partial charge in [0.2, 0.25) is 0 Å². The molecule has 6 nitrogen and oxygen atoms in total. The van der Waals surface area contributed by atoms with Gasteiger partial charge in [-0.2, -0.15) is 5.10 Å². The second-order valence-corrected chi connectivity index (χ2v) is 5.77. The van der Waals surface area contributed by atoms with E-state index in [0.29, 0.717) is 13.2 Å². The van der Waals surface area contributed by atoms with E-state index in [1.165, 1.54) is 0 Å². The van der Waals surface area contributed by atoms with Crippen molar-refractivity contribution in [2.24, 2.45) is 4.99 Å². The molecule has 24 heavy (non-hydrogen) atoms. The van der Waals surface area contributed by atoms with Crippen LogP contribution in [0.4, 0.5) is 0 Å². The predicted molar refractivity (Wildman–Crippen MR) is 111 cm³/mol. The van der Waals surface area contributed by atoms with E-state index in [4.69, 9.17) is 4.74 Å². The molecule has 0 saturated heterocycles. The number of nitrogens with zero attached hydrogens (tertiary/aromatic N) is 3. The Labute approximate surface area is 168 Å². The second kappa shape index (κ2) is 12.1. The minimum Gasteiger partial charge on any atom is -0.492 e. The Bertz CT molecular complexity index is 606. The van der Waals surface area contributed by atoms with E-state index < -0.39 is 0 Å². The van der Waals surface area contributed by atoms with Crippen molar-refractivity contribution in [1.82, 2.24) is 20.4 Å². The first kappa shape index (κ1) is 20.8. The van der Waals surface area contributed by atoms with E-state index in [9.17, 15) is 0 Å². The molecule has 1 heterocycles.